The molecule has 1 N–H and O–H groups in total. The van der Waals surface area contributed by atoms with Crippen molar-refractivity contribution in [3.8, 4) is 17.0 Å². The molecule has 0 radical (unpaired) electrons. The normalized spacial score (nSPS) is 11.1. The van der Waals surface area contributed by atoms with Crippen LogP contribution in [-0.4, -0.2) is 26.1 Å². The molecule has 0 atom stereocenters. The largest absolute Gasteiger partial charge is 0.355 e. The molecule has 0 spiro atoms. The second kappa shape index (κ2) is 8.66. The van der Waals surface area contributed by atoms with Gasteiger partial charge in [0.2, 0.25) is 0 Å². The number of fused-ring (bicyclic) bond motifs is 1. The zero-order valence-corrected chi connectivity index (χ0v) is 17.8. The minimum absolute atomic E-state index is 0.231. The fraction of sp³-hybridized carbons (Fsp3) is 0.120. The van der Waals surface area contributed by atoms with Gasteiger partial charge in [0.1, 0.15) is 11.3 Å². The van der Waals surface area contributed by atoms with E-state index < -0.39 is 5.91 Å². The number of hydrogen-bond donors (Lipinski definition) is 1. The number of amides is 1. The van der Waals surface area contributed by atoms with E-state index >= 15 is 0 Å². The van der Waals surface area contributed by atoms with Gasteiger partial charge in [-0.3, -0.25) is 4.79 Å². The van der Waals surface area contributed by atoms with Gasteiger partial charge in [-0.05, 0) is 48.9 Å². The third kappa shape index (κ3) is 3.98. The molecular weight excluding hydrogens is 421 g/mol. The van der Waals surface area contributed by atoms with Crippen LogP contribution in [0.15, 0.2) is 77.3 Å². The molecule has 5 rings (SSSR count). The number of carbonyl (C=O) groups excluding carboxylic acids is 1. The molecule has 3 aromatic carbocycles. The van der Waals surface area contributed by atoms with Gasteiger partial charge in [0.05, 0.1) is 16.8 Å². The Morgan fingerprint density at radius 1 is 1.06 bits per heavy atom. The van der Waals surface area contributed by atoms with E-state index in [1.807, 2.05) is 55.5 Å². The van der Waals surface area contributed by atoms with E-state index in [0.29, 0.717) is 23.6 Å². The van der Waals surface area contributed by atoms with Crippen molar-refractivity contribution in [2.75, 3.05) is 5.32 Å². The SMILES string of the molecule is CCCc1c(C(=O)Nc2ccc(F)cc2)nnn1-c1ccc2noc(-c3ccccc3)c2c1. The summed E-state index contributed by atoms with van der Waals surface area (Å²) in [4.78, 5) is 12.9. The monoisotopic (exact) mass is 441 g/mol. The maximum Gasteiger partial charge on any atom is 0.278 e. The molecule has 33 heavy (non-hydrogen) atoms. The second-order valence-corrected chi connectivity index (χ2v) is 7.59. The first-order valence-electron chi connectivity index (χ1n) is 10.6. The van der Waals surface area contributed by atoms with Crippen molar-refractivity contribution >= 4 is 22.5 Å². The molecule has 2 aromatic heterocycles. The van der Waals surface area contributed by atoms with Crippen LogP contribution >= 0.6 is 0 Å². The molecule has 0 fully saturated rings. The lowest BCUT2D eigenvalue weighted by Gasteiger charge is -2.08. The summed E-state index contributed by atoms with van der Waals surface area (Å²) in [6, 6.07) is 21.0. The average molecular weight is 441 g/mol. The van der Waals surface area contributed by atoms with Crippen molar-refractivity contribution in [3.05, 3.63) is 90.0 Å². The number of nitrogens with zero attached hydrogens (tertiary/aromatic N) is 4. The Labute approximate surface area is 188 Å². The zero-order chi connectivity index (χ0) is 22.8. The summed E-state index contributed by atoms with van der Waals surface area (Å²) in [5, 5.41) is 16.2. The van der Waals surface area contributed by atoms with Crippen molar-refractivity contribution < 1.29 is 13.7 Å². The molecule has 164 valence electrons. The zero-order valence-electron chi connectivity index (χ0n) is 17.8. The Hall–Kier alpha value is -4.33. The quantitative estimate of drug-likeness (QED) is 0.380. The van der Waals surface area contributed by atoms with Gasteiger partial charge in [0.25, 0.3) is 5.91 Å². The molecule has 0 saturated heterocycles. The fourth-order valence-electron chi connectivity index (χ4n) is 3.73. The molecule has 8 heteroatoms. The minimum atomic E-state index is -0.396. The van der Waals surface area contributed by atoms with Crippen molar-refractivity contribution in [1.82, 2.24) is 20.2 Å². The summed E-state index contributed by atoms with van der Waals surface area (Å²) in [7, 11) is 0. The van der Waals surface area contributed by atoms with Gasteiger partial charge in [0, 0.05) is 11.3 Å². The van der Waals surface area contributed by atoms with Crippen LogP contribution in [0.1, 0.15) is 29.5 Å². The van der Waals surface area contributed by atoms with E-state index in [0.717, 1.165) is 28.6 Å². The lowest BCUT2D eigenvalue weighted by Crippen LogP contribution is -2.15. The van der Waals surface area contributed by atoms with Gasteiger partial charge >= 0.3 is 0 Å². The molecule has 0 saturated carbocycles. The number of carbonyl (C=O) groups is 1. The van der Waals surface area contributed by atoms with Crippen LogP contribution in [0.2, 0.25) is 0 Å². The number of rotatable bonds is 6. The van der Waals surface area contributed by atoms with Crippen LogP contribution < -0.4 is 5.32 Å². The van der Waals surface area contributed by atoms with Gasteiger partial charge in [-0.15, -0.1) is 5.10 Å². The van der Waals surface area contributed by atoms with Gasteiger partial charge in [-0.1, -0.05) is 54.0 Å². The Morgan fingerprint density at radius 3 is 2.61 bits per heavy atom. The first-order chi connectivity index (χ1) is 16.1. The Bertz CT molecular complexity index is 1420. The van der Waals surface area contributed by atoms with Gasteiger partial charge in [-0.2, -0.15) is 0 Å². The van der Waals surface area contributed by atoms with Gasteiger partial charge < -0.3 is 9.84 Å². The van der Waals surface area contributed by atoms with Crippen LogP contribution in [0.3, 0.4) is 0 Å². The van der Waals surface area contributed by atoms with E-state index in [-0.39, 0.29) is 11.5 Å². The summed E-state index contributed by atoms with van der Waals surface area (Å²) in [6.07, 6.45) is 1.40. The third-order valence-corrected chi connectivity index (χ3v) is 5.31. The highest BCUT2D eigenvalue weighted by atomic mass is 19.1. The van der Waals surface area contributed by atoms with Crippen LogP contribution in [0.4, 0.5) is 10.1 Å². The van der Waals surface area contributed by atoms with Gasteiger partial charge in [-0.25, -0.2) is 9.07 Å². The highest BCUT2D eigenvalue weighted by molar-refractivity contribution is 6.03. The number of aromatic nitrogens is 4. The molecular formula is C25H20FN5O2. The van der Waals surface area contributed by atoms with Crippen molar-refractivity contribution in [2.45, 2.75) is 19.8 Å². The summed E-state index contributed by atoms with van der Waals surface area (Å²) >= 11 is 0. The third-order valence-electron chi connectivity index (χ3n) is 5.31. The highest BCUT2D eigenvalue weighted by Crippen LogP contribution is 2.30. The molecule has 7 nitrogen and oxygen atoms in total. The topological polar surface area (TPSA) is 85.8 Å². The molecule has 0 bridgehead atoms. The molecule has 0 unspecified atom stereocenters. The highest BCUT2D eigenvalue weighted by Gasteiger charge is 2.21. The number of hydrogen-bond acceptors (Lipinski definition) is 5. The Morgan fingerprint density at radius 2 is 1.85 bits per heavy atom. The van der Waals surface area contributed by atoms with Crippen molar-refractivity contribution in [1.29, 1.82) is 0 Å². The summed E-state index contributed by atoms with van der Waals surface area (Å²) < 4.78 is 20.5. The maximum absolute atomic E-state index is 13.2. The molecule has 0 aliphatic heterocycles. The minimum Gasteiger partial charge on any atom is -0.355 e. The number of benzene rings is 3. The van der Waals surface area contributed by atoms with E-state index in [1.165, 1.54) is 24.3 Å². The van der Waals surface area contributed by atoms with Gasteiger partial charge in [0.15, 0.2) is 11.5 Å². The van der Waals surface area contributed by atoms with Crippen LogP contribution in [-0.2, 0) is 6.42 Å². The van der Waals surface area contributed by atoms with E-state index in [9.17, 15) is 9.18 Å². The predicted molar refractivity (Wildman–Crippen MR) is 123 cm³/mol. The van der Waals surface area contributed by atoms with E-state index in [2.05, 4.69) is 20.8 Å². The number of halogens is 1. The average Bonchev–Trinajstić information content (AvgIpc) is 3.45. The van der Waals surface area contributed by atoms with Crippen LogP contribution in [0.25, 0.3) is 27.9 Å². The number of anilines is 1. The van der Waals surface area contributed by atoms with Crippen molar-refractivity contribution in [3.63, 3.8) is 0 Å². The smallest absolute Gasteiger partial charge is 0.278 e. The second-order valence-electron chi connectivity index (χ2n) is 7.59. The van der Waals surface area contributed by atoms with E-state index in [1.54, 1.807) is 4.68 Å². The predicted octanol–water partition coefficient (Wildman–Crippen LogP) is 5.42. The lowest BCUT2D eigenvalue weighted by molar-refractivity contribution is 0.102. The summed E-state index contributed by atoms with van der Waals surface area (Å²) in [5.41, 5.74) is 3.80. The van der Waals surface area contributed by atoms with Crippen molar-refractivity contribution in [2.24, 2.45) is 0 Å². The number of nitrogens with one attached hydrogen (secondary N) is 1. The molecule has 2 heterocycles. The standard InChI is InChI=1S/C25H20FN5O2/c1-2-6-22-23(25(32)27-18-11-9-17(26)10-12-18)28-30-31(22)19-13-14-21-20(15-19)24(33-29-21)16-7-4-3-5-8-16/h3-5,7-15H,2,6H2,1H3,(H,27,32). The first kappa shape index (κ1) is 20.6. The summed E-state index contributed by atoms with van der Waals surface area (Å²) in [5.74, 6) is -0.101. The maximum atomic E-state index is 13.2. The molecule has 0 aliphatic rings. The molecule has 0 aliphatic carbocycles. The fourth-order valence-corrected chi connectivity index (χ4v) is 3.73. The Kier molecular flexibility index (Phi) is 5.40. The van der Waals surface area contributed by atoms with E-state index in [4.69, 9.17) is 4.52 Å². The molecule has 5 aromatic rings. The first-order valence-corrected chi connectivity index (χ1v) is 10.6. The Balaban J connectivity index is 1.53. The summed E-state index contributed by atoms with van der Waals surface area (Å²) in [6.45, 7) is 2.02. The van der Waals surface area contributed by atoms with Crippen LogP contribution in [0.5, 0.6) is 0 Å². The lowest BCUT2D eigenvalue weighted by atomic mass is 10.1. The van der Waals surface area contributed by atoms with Crippen LogP contribution in [0, 0.1) is 5.82 Å². The molecule has 1 amide bonds.